The summed E-state index contributed by atoms with van der Waals surface area (Å²) in [5.41, 5.74) is 1.01. The van der Waals surface area contributed by atoms with Crippen LogP contribution in [0, 0.1) is 10.1 Å². The smallest absolute Gasteiger partial charge is 0.301 e. The largest absolute Gasteiger partial charge is 0.507 e. The SMILES string of the molecule is CCOc1ccc2nc(N3C(=O)C(=O)/C(=C(/O)c4ccc(OC)cc4)[C@H]3c3ccc([N+](=O)[O-])cc3)sc2c1. The molecule has 192 valence electrons. The molecule has 0 bridgehead atoms. The predicted molar refractivity (Wildman–Crippen MR) is 142 cm³/mol. The molecule has 2 heterocycles. The second-order valence-electron chi connectivity index (χ2n) is 8.31. The number of ether oxygens (including phenoxy) is 2. The summed E-state index contributed by atoms with van der Waals surface area (Å²) in [5.74, 6) is -0.946. The van der Waals surface area contributed by atoms with Gasteiger partial charge in [0.15, 0.2) is 5.13 Å². The first-order chi connectivity index (χ1) is 18.3. The third kappa shape index (κ3) is 4.33. The van der Waals surface area contributed by atoms with Crippen molar-refractivity contribution in [3.05, 3.63) is 93.5 Å². The highest BCUT2D eigenvalue weighted by Gasteiger charge is 2.48. The molecular weight excluding hydrogens is 510 g/mol. The molecular formula is C27H21N3O7S. The number of methoxy groups -OCH3 is 1. The van der Waals surface area contributed by atoms with Gasteiger partial charge in [0.05, 0.1) is 40.5 Å². The molecule has 0 aliphatic carbocycles. The number of benzene rings is 3. The lowest BCUT2D eigenvalue weighted by Gasteiger charge is -2.22. The van der Waals surface area contributed by atoms with Gasteiger partial charge in [0, 0.05) is 17.7 Å². The number of nitro groups is 1. The maximum absolute atomic E-state index is 13.4. The highest BCUT2D eigenvalue weighted by molar-refractivity contribution is 7.22. The van der Waals surface area contributed by atoms with E-state index in [0.29, 0.717) is 34.7 Å². The molecule has 1 N–H and O–H groups in total. The van der Waals surface area contributed by atoms with Crippen molar-refractivity contribution in [3.8, 4) is 11.5 Å². The fraction of sp³-hybridized carbons (Fsp3) is 0.148. The topological polar surface area (TPSA) is 132 Å². The second-order valence-corrected chi connectivity index (χ2v) is 9.31. The molecule has 1 aliphatic rings. The van der Waals surface area contributed by atoms with Crippen molar-refractivity contribution < 1.29 is 29.1 Å². The van der Waals surface area contributed by atoms with Crippen molar-refractivity contribution in [2.45, 2.75) is 13.0 Å². The van der Waals surface area contributed by atoms with E-state index in [1.807, 2.05) is 6.92 Å². The summed E-state index contributed by atoms with van der Waals surface area (Å²) in [6.45, 7) is 2.35. The molecule has 1 aliphatic heterocycles. The summed E-state index contributed by atoms with van der Waals surface area (Å²) in [4.78, 5) is 43.2. The van der Waals surface area contributed by atoms with Crippen LogP contribution in [-0.2, 0) is 9.59 Å². The zero-order valence-corrected chi connectivity index (χ0v) is 21.1. The monoisotopic (exact) mass is 531 g/mol. The molecule has 5 rings (SSSR count). The van der Waals surface area contributed by atoms with E-state index < -0.39 is 22.7 Å². The van der Waals surface area contributed by atoms with E-state index in [-0.39, 0.29) is 22.2 Å². The minimum atomic E-state index is -1.06. The number of Topliss-reactive ketones (excluding diaryl/α,β-unsaturated/α-hetero) is 1. The van der Waals surface area contributed by atoms with Crippen LogP contribution in [0.1, 0.15) is 24.1 Å². The number of hydrogen-bond donors (Lipinski definition) is 1. The van der Waals surface area contributed by atoms with Crippen molar-refractivity contribution in [2.75, 3.05) is 18.6 Å². The van der Waals surface area contributed by atoms with E-state index in [0.717, 1.165) is 4.70 Å². The average Bonchev–Trinajstić information content (AvgIpc) is 3.46. The quantitative estimate of drug-likeness (QED) is 0.113. The van der Waals surface area contributed by atoms with Crippen LogP contribution in [0.4, 0.5) is 10.8 Å². The zero-order chi connectivity index (χ0) is 27.0. The van der Waals surface area contributed by atoms with Crippen molar-refractivity contribution >= 4 is 49.8 Å². The number of aromatic nitrogens is 1. The molecule has 0 saturated carbocycles. The number of aliphatic hydroxyl groups excluding tert-OH is 1. The van der Waals surface area contributed by atoms with Crippen LogP contribution in [0.3, 0.4) is 0 Å². The predicted octanol–water partition coefficient (Wildman–Crippen LogP) is 5.24. The van der Waals surface area contributed by atoms with E-state index in [1.165, 1.54) is 47.6 Å². The molecule has 38 heavy (non-hydrogen) atoms. The van der Waals surface area contributed by atoms with Crippen LogP contribution < -0.4 is 14.4 Å². The van der Waals surface area contributed by atoms with Gasteiger partial charge in [-0.05, 0) is 67.1 Å². The van der Waals surface area contributed by atoms with E-state index in [9.17, 15) is 24.8 Å². The molecule has 11 heteroatoms. The summed E-state index contributed by atoms with van der Waals surface area (Å²) < 4.78 is 11.5. The minimum absolute atomic E-state index is 0.149. The number of rotatable bonds is 7. The third-order valence-electron chi connectivity index (χ3n) is 6.09. The number of hydrogen-bond acceptors (Lipinski definition) is 9. The molecule has 0 unspecified atom stereocenters. The molecule has 4 aromatic rings. The van der Waals surface area contributed by atoms with Crippen LogP contribution in [0.2, 0.25) is 0 Å². The summed E-state index contributed by atoms with van der Waals surface area (Å²) in [5, 5.41) is 22.7. The Morgan fingerprint density at radius 2 is 1.76 bits per heavy atom. The summed E-state index contributed by atoms with van der Waals surface area (Å²) in [6, 6.07) is 16.1. The lowest BCUT2D eigenvalue weighted by molar-refractivity contribution is -0.384. The highest BCUT2D eigenvalue weighted by Crippen LogP contribution is 2.45. The lowest BCUT2D eigenvalue weighted by atomic mass is 9.95. The Morgan fingerprint density at radius 1 is 1.08 bits per heavy atom. The molecule has 0 spiro atoms. The summed E-state index contributed by atoms with van der Waals surface area (Å²) in [6.07, 6.45) is 0. The standard InChI is InChI=1S/C27H21N3O7S/c1-3-37-19-12-13-20-21(14-19)38-27(28-20)29-23(15-4-8-17(9-5-15)30(34)35)22(25(32)26(29)33)24(31)16-6-10-18(36-2)11-7-16/h4-14,23,31H,3H2,1-2H3/b24-22+/t23-/m1/s1. The van der Waals surface area contributed by atoms with Gasteiger partial charge in [-0.3, -0.25) is 24.6 Å². The number of aliphatic hydroxyl groups is 1. The first-order valence-electron chi connectivity index (χ1n) is 11.6. The van der Waals surface area contributed by atoms with Crippen LogP contribution in [-0.4, -0.2) is 40.4 Å². The third-order valence-corrected chi connectivity index (χ3v) is 7.11. The van der Waals surface area contributed by atoms with Gasteiger partial charge in [-0.2, -0.15) is 0 Å². The number of non-ortho nitro benzene ring substituents is 1. The lowest BCUT2D eigenvalue weighted by Crippen LogP contribution is -2.29. The normalized spacial score (nSPS) is 16.7. The number of carbonyl (C=O) groups is 2. The molecule has 10 nitrogen and oxygen atoms in total. The number of thiazole rings is 1. The van der Waals surface area contributed by atoms with Gasteiger partial charge in [0.2, 0.25) is 0 Å². The number of nitrogens with zero attached hydrogens (tertiary/aromatic N) is 3. The first kappa shape index (κ1) is 24.9. The fourth-order valence-corrected chi connectivity index (χ4v) is 5.30. The molecule has 0 radical (unpaired) electrons. The van der Waals surface area contributed by atoms with Gasteiger partial charge in [0.25, 0.3) is 11.5 Å². The maximum atomic E-state index is 13.4. The van der Waals surface area contributed by atoms with Crippen molar-refractivity contribution in [1.29, 1.82) is 0 Å². The van der Waals surface area contributed by atoms with Gasteiger partial charge in [-0.15, -0.1) is 0 Å². The Morgan fingerprint density at radius 3 is 2.39 bits per heavy atom. The molecule has 1 atom stereocenters. The number of nitro benzene ring substituents is 1. The van der Waals surface area contributed by atoms with E-state index in [4.69, 9.17) is 9.47 Å². The average molecular weight is 532 g/mol. The Bertz CT molecular complexity index is 1590. The number of fused-ring (bicyclic) bond motifs is 1. The summed E-state index contributed by atoms with van der Waals surface area (Å²) in [7, 11) is 1.50. The molecule has 1 aromatic heterocycles. The molecule has 1 saturated heterocycles. The van der Waals surface area contributed by atoms with E-state index in [2.05, 4.69) is 4.98 Å². The molecule has 1 fully saturated rings. The van der Waals surface area contributed by atoms with Gasteiger partial charge in [-0.25, -0.2) is 4.98 Å². The number of amides is 1. The van der Waals surface area contributed by atoms with Gasteiger partial charge in [-0.1, -0.05) is 11.3 Å². The maximum Gasteiger partial charge on any atom is 0.301 e. The Kier molecular flexibility index (Phi) is 6.52. The minimum Gasteiger partial charge on any atom is -0.507 e. The van der Waals surface area contributed by atoms with E-state index >= 15 is 0 Å². The van der Waals surface area contributed by atoms with E-state index in [1.54, 1.807) is 42.5 Å². The second kappa shape index (κ2) is 9.94. The van der Waals surface area contributed by atoms with Crippen molar-refractivity contribution in [3.63, 3.8) is 0 Å². The Hall–Kier alpha value is -4.77. The first-order valence-corrected chi connectivity index (χ1v) is 12.4. The Labute approximate surface area is 220 Å². The van der Waals surface area contributed by atoms with Crippen molar-refractivity contribution in [2.24, 2.45) is 0 Å². The fourth-order valence-electron chi connectivity index (χ4n) is 4.28. The number of carbonyl (C=O) groups excluding carboxylic acids is 2. The van der Waals surface area contributed by atoms with Gasteiger partial charge >= 0.3 is 5.91 Å². The van der Waals surface area contributed by atoms with Gasteiger partial charge in [0.1, 0.15) is 17.3 Å². The van der Waals surface area contributed by atoms with Crippen LogP contribution >= 0.6 is 11.3 Å². The zero-order valence-electron chi connectivity index (χ0n) is 20.3. The number of anilines is 1. The van der Waals surface area contributed by atoms with Crippen molar-refractivity contribution in [1.82, 2.24) is 4.98 Å². The molecule has 1 amide bonds. The van der Waals surface area contributed by atoms with Crippen LogP contribution in [0.15, 0.2) is 72.3 Å². The Balaban J connectivity index is 1.68. The summed E-state index contributed by atoms with van der Waals surface area (Å²) >= 11 is 1.19. The van der Waals surface area contributed by atoms with Crippen LogP contribution in [0.25, 0.3) is 16.0 Å². The highest BCUT2D eigenvalue weighted by atomic mass is 32.1. The molecule has 3 aromatic carbocycles. The number of ketones is 1. The van der Waals surface area contributed by atoms with Crippen LogP contribution in [0.5, 0.6) is 11.5 Å². The van der Waals surface area contributed by atoms with Gasteiger partial charge < -0.3 is 14.6 Å².